The highest BCUT2D eigenvalue weighted by molar-refractivity contribution is 5.94. The van der Waals surface area contributed by atoms with Crippen LogP contribution in [0.25, 0.3) is 17.1 Å². The largest absolute Gasteiger partial charge is 0.464 e. The van der Waals surface area contributed by atoms with Gasteiger partial charge in [-0.1, -0.05) is 43.3 Å². The first-order chi connectivity index (χ1) is 12.0. The van der Waals surface area contributed by atoms with E-state index in [1.54, 1.807) is 0 Å². The monoisotopic (exact) mass is 342 g/mol. The Labute approximate surface area is 143 Å². The van der Waals surface area contributed by atoms with Crippen LogP contribution >= 0.6 is 0 Å². The first-order valence-electron chi connectivity index (χ1n) is 7.73. The molecule has 3 aromatic rings. The number of carbonyl (C=O) groups excluding carboxylic acids is 1. The summed E-state index contributed by atoms with van der Waals surface area (Å²) in [4.78, 5) is 12.1. The SMILES string of the molecule is COC(=O)c1nnn(-c2nonc2N)c1-c1ccc(CC(C)C)cc1. The molecule has 0 radical (unpaired) electrons. The summed E-state index contributed by atoms with van der Waals surface area (Å²) in [5.74, 6) is 0.134. The highest BCUT2D eigenvalue weighted by Gasteiger charge is 2.25. The molecular weight excluding hydrogens is 324 g/mol. The van der Waals surface area contributed by atoms with Crippen molar-refractivity contribution >= 4 is 11.8 Å². The third kappa shape index (κ3) is 3.21. The molecule has 9 heteroatoms. The number of ether oxygens (including phenoxy) is 1. The lowest BCUT2D eigenvalue weighted by atomic mass is 10.0. The fraction of sp³-hybridized carbons (Fsp3) is 0.312. The van der Waals surface area contributed by atoms with E-state index in [-0.39, 0.29) is 17.3 Å². The van der Waals surface area contributed by atoms with Crippen LogP contribution in [0.4, 0.5) is 5.82 Å². The Hall–Kier alpha value is -3.23. The van der Waals surface area contributed by atoms with Crippen LogP contribution < -0.4 is 5.73 Å². The lowest BCUT2D eigenvalue weighted by Gasteiger charge is -2.08. The highest BCUT2D eigenvalue weighted by Crippen LogP contribution is 2.27. The second-order valence-electron chi connectivity index (χ2n) is 5.96. The average Bonchev–Trinajstić information content (AvgIpc) is 3.20. The normalized spacial score (nSPS) is 11.0. The van der Waals surface area contributed by atoms with E-state index in [1.807, 2.05) is 24.3 Å². The number of esters is 1. The number of benzene rings is 1. The molecule has 0 bridgehead atoms. The van der Waals surface area contributed by atoms with Gasteiger partial charge in [-0.25, -0.2) is 9.42 Å². The Kier molecular flexibility index (Phi) is 4.46. The van der Waals surface area contributed by atoms with Crippen LogP contribution in [-0.2, 0) is 11.2 Å². The molecule has 2 aromatic heterocycles. The minimum atomic E-state index is -0.609. The van der Waals surface area contributed by atoms with Gasteiger partial charge in [-0.15, -0.1) is 5.10 Å². The number of methoxy groups -OCH3 is 1. The van der Waals surface area contributed by atoms with Crippen molar-refractivity contribution in [3.8, 4) is 17.1 Å². The fourth-order valence-corrected chi connectivity index (χ4v) is 2.53. The Bertz CT molecular complexity index is 882. The molecule has 0 saturated heterocycles. The Morgan fingerprint density at radius 2 is 2.00 bits per heavy atom. The van der Waals surface area contributed by atoms with Gasteiger partial charge in [-0.2, -0.15) is 4.68 Å². The molecule has 0 atom stereocenters. The van der Waals surface area contributed by atoms with E-state index in [2.05, 4.69) is 39.1 Å². The molecule has 130 valence electrons. The van der Waals surface area contributed by atoms with Crippen molar-refractivity contribution in [1.29, 1.82) is 0 Å². The summed E-state index contributed by atoms with van der Waals surface area (Å²) >= 11 is 0. The lowest BCUT2D eigenvalue weighted by Crippen LogP contribution is -2.07. The summed E-state index contributed by atoms with van der Waals surface area (Å²) in [5.41, 5.74) is 8.13. The zero-order valence-corrected chi connectivity index (χ0v) is 14.1. The summed E-state index contributed by atoms with van der Waals surface area (Å²) in [6.45, 7) is 4.31. The minimum Gasteiger partial charge on any atom is -0.464 e. The third-order valence-electron chi connectivity index (χ3n) is 3.62. The van der Waals surface area contributed by atoms with Crippen molar-refractivity contribution < 1.29 is 14.2 Å². The number of nitrogens with zero attached hydrogens (tertiary/aromatic N) is 5. The first kappa shape index (κ1) is 16.6. The summed E-state index contributed by atoms with van der Waals surface area (Å²) < 4.78 is 10.7. The van der Waals surface area contributed by atoms with E-state index in [0.717, 1.165) is 12.0 Å². The topological polar surface area (TPSA) is 122 Å². The molecule has 0 amide bonds. The maximum Gasteiger partial charge on any atom is 0.360 e. The smallest absolute Gasteiger partial charge is 0.360 e. The second kappa shape index (κ2) is 6.71. The van der Waals surface area contributed by atoms with Gasteiger partial charge < -0.3 is 10.5 Å². The van der Waals surface area contributed by atoms with E-state index in [1.165, 1.54) is 17.4 Å². The minimum absolute atomic E-state index is 0.0407. The van der Waals surface area contributed by atoms with Gasteiger partial charge in [0.15, 0.2) is 5.69 Å². The zero-order chi connectivity index (χ0) is 18.0. The first-order valence-corrected chi connectivity index (χ1v) is 7.73. The molecular formula is C16H18N6O3. The molecule has 3 rings (SSSR count). The number of nitrogens with two attached hydrogens (primary N) is 1. The standard InChI is InChI=1S/C16H18N6O3/c1-9(2)8-10-4-6-11(7-5-10)13-12(16(23)24-3)18-21-22(13)15-14(17)19-25-20-15/h4-7,9H,8H2,1-3H3,(H2,17,19). The van der Waals surface area contributed by atoms with Crippen molar-refractivity contribution in [3.63, 3.8) is 0 Å². The predicted octanol–water partition coefficient (Wildman–Crippen LogP) is 1.88. The van der Waals surface area contributed by atoms with Crippen LogP contribution in [0.5, 0.6) is 0 Å². The summed E-state index contributed by atoms with van der Waals surface area (Å²) in [7, 11) is 1.28. The second-order valence-corrected chi connectivity index (χ2v) is 5.96. The molecule has 0 aliphatic heterocycles. The van der Waals surface area contributed by atoms with E-state index >= 15 is 0 Å². The van der Waals surface area contributed by atoms with Crippen molar-refractivity contribution in [2.24, 2.45) is 5.92 Å². The molecule has 0 unspecified atom stereocenters. The number of rotatable bonds is 5. The molecule has 0 fully saturated rings. The van der Waals surface area contributed by atoms with Gasteiger partial charge in [0.2, 0.25) is 11.6 Å². The van der Waals surface area contributed by atoms with Crippen LogP contribution in [0.1, 0.15) is 29.9 Å². The lowest BCUT2D eigenvalue weighted by molar-refractivity contribution is 0.0595. The van der Waals surface area contributed by atoms with Gasteiger partial charge >= 0.3 is 5.97 Å². The maximum absolute atomic E-state index is 12.1. The van der Waals surface area contributed by atoms with Gasteiger partial charge in [-0.05, 0) is 28.2 Å². The molecule has 0 saturated carbocycles. The number of hydrogen-bond donors (Lipinski definition) is 1. The molecule has 2 heterocycles. The zero-order valence-electron chi connectivity index (χ0n) is 14.1. The van der Waals surface area contributed by atoms with Crippen molar-refractivity contribution in [2.45, 2.75) is 20.3 Å². The summed E-state index contributed by atoms with van der Waals surface area (Å²) in [6.07, 6.45) is 0.960. The van der Waals surface area contributed by atoms with Crippen LogP contribution in [-0.4, -0.2) is 38.4 Å². The molecule has 0 aliphatic rings. The molecule has 0 spiro atoms. The number of anilines is 1. The van der Waals surface area contributed by atoms with Crippen molar-refractivity contribution in [1.82, 2.24) is 25.3 Å². The van der Waals surface area contributed by atoms with E-state index < -0.39 is 5.97 Å². The van der Waals surface area contributed by atoms with Gasteiger partial charge in [-0.3, -0.25) is 0 Å². The van der Waals surface area contributed by atoms with Gasteiger partial charge in [0, 0.05) is 5.56 Å². The molecule has 1 aromatic carbocycles. The number of carbonyl (C=O) groups is 1. The van der Waals surface area contributed by atoms with Crippen molar-refractivity contribution in [2.75, 3.05) is 12.8 Å². The predicted molar refractivity (Wildman–Crippen MR) is 88.9 cm³/mol. The van der Waals surface area contributed by atoms with Crippen LogP contribution in [0.3, 0.4) is 0 Å². The highest BCUT2D eigenvalue weighted by atomic mass is 16.6. The van der Waals surface area contributed by atoms with Crippen LogP contribution in [0.2, 0.25) is 0 Å². The maximum atomic E-state index is 12.1. The average molecular weight is 342 g/mol. The summed E-state index contributed by atoms with van der Waals surface area (Å²) in [6, 6.07) is 7.78. The van der Waals surface area contributed by atoms with Crippen molar-refractivity contribution in [3.05, 3.63) is 35.5 Å². The Balaban J connectivity index is 2.11. The Morgan fingerprint density at radius 3 is 2.56 bits per heavy atom. The van der Waals surface area contributed by atoms with Gasteiger partial charge in [0.1, 0.15) is 5.69 Å². The molecule has 9 nitrogen and oxygen atoms in total. The number of hydrogen-bond acceptors (Lipinski definition) is 8. The third-order valence-corrected chi connectivity index (χ3v) is 3.62. The van der Waals surface area contributed by atoms with Crippen LogP contribution in [0, 0.1) is 5.92 Å². The van der Waals surface area contributed by atoms with Gasteiger partial charge in [0.25, 0.3) is 0 Å². The number of nitrogen functional groups attached to an aromatic ring is 1. The van der Waals surface area contributed by atoms with E-state index in [4.69, 9.17) is 10.5 Å². The van der Waals surface area contributed by atoms with E-state index in [9.17, 15) is 4.79 Å². The van der Waals surface area contributed by atoms with Crippen LogP contribution in [0.15, 0.2) is 28.9 Å². The van der Waals surface area contributed by atoms with E-state index in [0.29, 0.717) is 11.6 Å². The molecule has 0 aliphatic carbocycles. The quantitative estimate of drug-likeness (QED) is 0.697. The molecule has 2 N–H and O–H groups in total. The fourth-order valence-electron chi connectivity index (χ4n) is 2.53. The number of aromatic nitrogens is 5. The summed E-state index contributed by atoms with van der Waals surface area (Å²) in [5, 5.41) is 15.1. The molecule has 25 heavy (non-hydrogen) atoms. The Morgan fingerprint density at radius 1 is 1.28 bits per heavy atom. The van der Waals surface area contributed by atoms with Gasteiger partial charge in [0.05, 0.1) is 7.11 Å².